The smallest absolute Gasteiger partial charge is 0.163 e. The van der Waals surface area contributed by atoms with Crippen LogP contribution in [0.3, 0.4) is 0 Å². The number of benzene rings is 1. The molecular formula is C14H14OS2. The molecule has 0 saturated carbocycles. The van der Waals surface area contributed by atoms with Gasteiger partial charge in [0.15, 0.2) is 5.78 Å². The number of carbonyl (C=O) groups is 1. The first kappa shape index (κ1) is 12.4. The molecule has 0 fully saturated rings. The van der Waals surface area contributed by atoms with Crippen molar-refractivity contribution in [1.29, 1.82) is 0 Å². The van der Waals surface area contributed by atoms with Crippen LogP contribution in [-0.2, 0) is 6.42 Å². The summed E-state index contributed by atoms with van der Waals surface area (Å²) in [4.78, 5) is 13.1. The van der Waals surface area contributed by atoms with Crippen molar-refractivity contribution in [2.24, 2.45) is 0 Å². The Balaban J connectivity index is 1.95. The van der Waals surface area contributed by atoms with Gasteiger partial charge in [0.25, 0.3) is 0 Å². The molecule has 0 bridgehead atoms. The molecule has 3 heteroatoms. The molecule has 0 aliphatic carbocycles. The van der Waals surface area contributed by atoms with Gasteiger partial charge in [-0.25, -0.2) is 0 Å². The minimum atomic E-state index is 0.226. The Morgan fingerprint density at radius 2 is 2.00 bits per heavy atom. The number of thioether (sulfide) groups is 1. The van der Waals surface area contributed by atoms with Gasteiger partial charge >= 0.3 is 0 Å². The zero-order valence-electron chi connectivity index (χ0n) is 9.68. The molecule has 0 aliphatic heterocycles. The lowest BCUT2D eigenvalue weighted by Gasteiger charge is -2.01. The molecule has 0 saturated heterocycles. The zero-order valence-corrected chi connectivity index (χ0v) is 11.3. The van der Waals surface area contributed by atoms with Crippen LogP contribution < -0.4 is 0 Å². The first-order chi connectivity index (χ1) is 8.29. The normalized spacial score (nSPS) is 10.4. The van der Waals surface area contributed by atoms with E-state index in [-0.39, 0.29) is 5.78 Å². The third-order valence-corrected chi connectivity index (χ3v) is 4.11. The van der Waals surface area contributed by atoms with Crippen molar-refractivity contribution >= 4 is 28.9 Å². The van der Waals surface area contributed by atoms with Crippen LogP contribution in [0.1, 0.15) is 22.3 Å². The summed E-state index contributed by atoms with van der Waals surface area (Å²) in [5.41, 5.74) is 2.07. The van der Waals surface area contributed by atoms with Gasteiger partial charge in [0.1, 0.15) is 0 Å². The number of aryl methyl sites for hydroxylation is 1. The monoisotopic (exact) mass is 262 g/mol. The number of ketones is 1. The molecule has 2 aromatic rings. The van der Waals surface area contributed by atoms with Crippen molar-refractivity contribution in [2.75, 3.05) is 6.26 Å². The fourth-order valence-electron chi connectivity index (χ4n) is 1.61. The van der Waals surface area contributed by atoms with Crippen LogP contribution in [0.5, 0.6) is 0 Å². The van der Waals surface area contributed by atoms with Crippen molar-refractivity contribution in [3.63, 3.8) is 0 Å². The topological polar surface area (TPSA) is 17.1 Å². The largest absolute Gasteiger partial charge is 0.294 e. The molecule has 0 spiro atoms. The molecule has 1 aromatic carbocycles. The first-order valence-corrected chi connectivity index (χ1v) is 7.64. The van der Waals surface area contributed by atoms with Crippen LogP contribution in [0.25, 0.3) is 0 Å². The van der Waals surface area contributed by atoms with Gasteiger partial charge in [0.05, 0.1) is 0 Å². The number of Topliss-reactive ketones (excluding diaryl/α,β-unsaturated/α-hetero) is 1. The average molecular weight is 262 g/mol. The molecule has 0 amide bonds. The Morgan fingerprint density at radius 1 is 1.24 bits per heavy atom. The number of hydrogen-bond donors (Lipinski definition) is 0. The van der Waals surface area contributed by atoms with Crippen LogP contribution in [0.4, 0.5) is 0 Å². The van der Waals surface area contributed by atoms with E-state index < -0.39 is 0 Å². The van der Waals surface area contributed by atoms with E-state index in [1.165, 1.54) is 10.5 Å². The second-order valence-corrected chi connectivity index (χ2v) is 5.44. The Kier molecular flexibility index (Phi) is 4.40. The molecule has 0 radical (unpaired) electrons. The Bertz CT molecular complexity index is 471. The maximum absolute atomic E-state index is 11.9. The highest BCUT2D eigenvalue weighted by molar-refractivity contribution is 7.98. The zero-order chi connectivity index (χ0) is 12.1. The molecule has 1 heterocycles. The predicted octanol–water partition coefficient (Wildman–Crippen LogP) is 4.29. The second kappa shape index (κ2) is 6.03. The molecule has 0 N–H and O–H groups in total. The fourth-order valence-corrected chi connectivity index (χ4v) is 2.73. The van der Waals surface area contributed by atoms with E-state index in [0.717, 1.165) is 12.0 Å². The molecule has 1 nitrogen and oxygen atoms in total. The lowest BCUT2D eigenvalue weighted by atomic mass is 10.0. The van der Waals surface area contributed by atoms with E-state index in [9.17, 15) is 4.79 Å². The Hall–Kier alpha value is -1.06. The van der Waals surface area contributed by atoms with Gasteiger partial charge in [0, 0.05) is 16.9 Å². The van der Waals surface area contributed by atoms with E-state index in [4.69, 9.17) is 0 Å². The number of hydrogen-bond acceptors (Lipinski definition) is 3. The Labute approximate surface area is 110 Å². The second-order valence-electron chi connectivity index (χ2n) is 3.78. The third-order valence-electron chi connectivity index (χ3n) is 2.63. The van der Waals surface area contributed by atoms with E-state index >= 15 is 0 Å². The minimum Gasteiger partial charge on any atom is -0.294 e. The van der Waals surface area contributed by atoms with Crippen LogP contribution in [0, 0.1) is 0 Å². The highest BCUT2D eigenvalue weighted by Crippen LogP contribution is 2.16. The SMILES string of the molecule is CSc1ccc(C(=O)CCc2ccsc2)cc1. The highest BCUT2D eigenvalue weighted by atomic mass is 32.2. The highest BCUT2D eigenvalue weighted by Gasteiger charge is 2.06. The minimum absolute atomic E-state index is 0.226. The molecule has 0 unspecified atom stereocenters. The summed E-state index contributed by atoms with van der Waals surface area (Å²) in [5.74, 6) is 0.226. The van der Waals surface area contributed by atoms with Crippen molar-refractivity contribution in [3.05, 3.63) is 52.2 Å². The quantitative estimate of drug-likeness (QED) is 0.591. The van der Waals surface area contributed by atoms with Crippen LogP contribution in [-0.4, -0.2) is 12.0 Å². The molecule has 0 atom stereocenters. The van der Waals surface area contributed by atoms with Crippen molar-refractivity contribution in [3.8, 4) is 0 Å². The van der Waals surface area contributed by atoms with Crippen molar-refractivity contribution in [1.82, 2.24) is 0 Å². The summed E-state index contributed by atoms with van der Waals surface area (Å²) in [5, 5.41) is 4.15. The van der Waals surface area contributed by atoms with Gasteiger partial charge in [-0.15, -0.1) is 11.8 Å². The van der Waals surface area contributed by atoms with Crippen LogP contribution >= 0.6 is 23.1 Å². The summed E-state index contributed by atoms with van der Waals surface area (Å²) < 4.78 is 0. The fraction of sp³-hybridized carbons (Fsp3) is 0.214. The summed E-state index contributed by atoms with van der Waals surface area (Å²) in [6.07, 6.45) is 3.47. The van der Waals surface area contributed by atoms with Gasteiger partial charge in [0.2, 0.25) is 0 Å². The van der Waals surface area contributed by atoms with Gasteiger partial charge in [-0.05, 0) is 47.2 Å². The molecule has 2 rings (SSSR count). The lowest BCUT2D eigenvalue weighted by molar-refractivity contribution is 0.0983. The van der Waals surface area contributed by atoms with Gasteiger partial charge < -0.3 is 0 Å². The third kappa shape index (κ3) is 3.45. The van der Waals surface area contributed by atoms with Crippen molar-refractivity contribution < 1.29 is 4.79 Å². The van der Waals surface area contributed by atoms with E-state index in [2.05, 4.69) is 11.4 Å². The maximum atomic E-state index is 11.9. The van der Waals surface area contributed by atoms with Gasteiger partial charge in [-0.3, -0.25) is 4.79 Å². The number of carbonyl (C=O) groups excluding carboxylic acids is 1. The van der Waals surface area contributed by atoms with Crippen molar-refractivity contribution in [2.45, 2.75) is 17.7 Å². The summed E-state index contributed by atoms with van der Waals surface area (Å²) in [6.45, 7) is 0. The first-order valence-electron chi connectivity index (χ1n) is 5.48. The van der Waals surface area contributed by atoms with Gasteiger partial charge in [-0.1, -0.05) is 12.1 Å². The lowest BCUT2D eigenvalue weighted by Crippen LogP contribution is -2.00. The molecule has 1 aromatic heterocycles. The average Bonchev–Trinajstić information content (AvgIpc) is 2.89. The predicted molar refractivity (Wildman–Crippen MR) is 75.2 cm³/mol. The molecule has 88 valence electrons. The standard InChI is InChI=1S/C14H14OS2/c1-16-13-5-3-12(4-6-13)14(15)7-2-11-8-9-17-10-11/h3-6,8-10H,2,7H2,1H3. The summed E-state index contributed by atoms with van der Waals surface area (Å²) in [7, 11) is 0. The summed E-state index contributed by atoms with van der Waals surface area (Å²) in [6, 6.07) is 9.92. The Morgan fingerprint density at radius 3 is 2.59 bits per heavy atom. The molecular weight excluding hydrogens is 248 g/mol. The van der Waals surface area contributed by atoms with Gasteiger partial charge in [-0.2, -0.15) is 11.3 Å². The molecule has 0 aliphatic rings. The number of thiophene rings is 1. The van der Waals surface area contributed by atoms with Crippen LogP contribution in [0.2, 0.25) is 0 Å². The maximum Gasteiger partial charge on any atom is 0.163 e. The van der Waals surface area contributed by atoms with E-state index in [1.54, 1.807) is 23.1 Å². The number of rotatable bonds is 5. The van der Waals surface area contributed by atoms with Crippen LogP contribution in [0.15, 0.2) is 46.0 Å². The van der Waals surface area contributed by atoms with E-state index in [0.29, 0.717) is 6.42 Å². The molecule has 17 heavy (non-hydrogen) atoms. The summed E-state index contributed by atoms with van der Waals surface area (Å²) >= 11 is 3.37. The van der Waals surface area contributed by atoms with E-state index in [1.807, 2.05) is 35.9 Å².